The summed E-state index contributed by atoms with van der Waals surface area (Å²) in [5.74, 6) is 0.620. The van der Waals surface area contributed by atoms with Gasteiger partial charge >= 0.3 is 0 Å². The Morgan fingerprint density at radius 3 is 2.43 bits per heavy atom. The SMILES string of the molecule is OCC1OC(C2CCCCC2)C[C@H]1O. The lowest BCUT2D eigenvalue weighted by Crippen LogP contribution is -2.25. The molecule has 1 aliphatic heterocycles. The normalized spacial score (nSPS) is 40.3. The fraction of sp³-hybridized carbons (Fsp3) is 1.00. The Bertz CT molecular complexity index is 177. The number of rotatable bonds is 2. The highest BCUT2D eigenvalue weighted by molar-refractivity contribution is 4.86. The van der Waals surface area contributed by atoms with Gasteiger partial charge in [-0.05, 0) is 18.8 Å². The van der Waals surface area contributed by atoms with E-state index >= 15 is 0 Å². The summed E-state index contributed by atoms with van der Waals surface area (Å²) >= 11 is 0. The fourth-order valence-corrected chi connectivity index (χ4v) is 2.73. The Morgan fingerprint density at radius 2 is 1.86 bits per heavy atom. The lowest BCUT2D eigenvalue weighted by molar-refractivity contribution is -0.0428. The van der Waals surface area contributed by atoms with Gasteiger partial charge in [-0.3, -0.25) is 0 Å². The third-order valence-corrected chi connectivity index (χ3v) is 3.61. The summed E-state index contributed by atoms with van der Waals surface area (Å²) in [5, 5.41) is 18.6. The van der Waals surface area contributed by atoms with Crippen LogP contribution in [0.15, 0.2) is 0 Å². The number of hydrogen-bond donors (Lipinski definition) is 2. The first-order valence-electron chi connectivity index (χ1n) is 5.75. The van der Waals surface area contributed by atoms with Gasteiger partial charge in [0.1, 0.15) is 6.10 Å². The van der Waals surface area contributed by atoms with E-state index in [1.807, 2.05) is 0 Å². The third-order valence-electron chi connectivity index (χ3n) is 3.61. The molecule has 0 aromatic rings. The molecule has 3 atom stereocenters. The van der Waals surface area contributed by atoms with Crippen molar-refractivity contribution in [1.82, 2.24) is 0 Å². The van der Waals surface area contributed by atoms with Crippen LogP contribution in [0.3, 0.4) is 0 Å². The van der Waals surface area contributed by atoms with E-state index in [0.717, 1.165) is 6.42 Å². The Labute approximate surface area is 85.1 Å². The van der Waals surface area contributed by atoms with E-state index in [1.165, 1.54) is 32.1 Å². The summed E-state index contributed by atoms with van der Waals surface area (Å²) in [7, 11) is 0. The highest BCUT2D eigenvalue weighted by atomic mass is 16.5. The van der Waals surface area contributed by atoms with Crippen LogP contribution in [0.4, 0.5) is 0 Å². The van der Waals surface area contributed by atoms with Gasteiger partial charge in [-0.2, -0.15) is 0 Å². The van der Waals surface area contributed by atoms with Crippen molar-refractivity contribution in [3.05, 3.63) is 0 Å². The maximum atomic E-state index is 9.61. The van der Waals surface area contributed by atoms with Gasteiger partial charge in [-0.25, -0.2) is 0 Å². The maximum absolute atomic E-state index is 9.61. The lowest BCUT2D eigenvalue weighted by atomic mass is 9.84. The van der Waals surface area contributed by atoms with Crippen molar-refractivity contribution in [3.63, 3.8) is 0 Å². The van der Waals surface area contributed by atoms with Gasteiger partial charge < -0.3 is 14.9 Å². The zero-order chi connectivity index (χ0) is 9.97. The van der Waals surface area contributed by atoms with Crippen molar-refractivity contribution in [2.45, 2.75) is 56.8 Å². The van der Waals surface area contributed by atoms with E-state index in [2.05, 4.69) is 0 Å². The second-order valence-corrected chi connectivity index (χ2v) is 4.60. The maximum Gasteiger partial charge on any atom is 0.107 e. The van der Waals surface area contributed by atoms with Crippen LogP contribution in [0.1, 0.15) is 38.5 Å². The summed E-state index contributed by atoms with van der Waals surface area (Å²) in [4.78, 5) is 0. The molecule has 1 saturated carbocycles. The Morgan fingerprint density at radius 1 is 1.14 bits per heavy atom. The van der Waals surface area contributed by atoms with Crippen molar-refractivity contribution in [3.8, 4) is 0 Å². The molecule has 0 amide bonds. The first kappa shape index (κ1) is 10.4. The molecule has 2 rings (SSSR count). The summed E-state index contributed by atoms with van der Waals surface area (Å²) in [6, 6.07) is 0. The number of aliphatic hydroxyl groups is 2. The first-order chi connectivity index (χ1) is 6.81. The quantitative estimate of drug-likeness (QED) is 0.701. The second-order valence-electron chi connectivity index (χ2n) is 4.60. The van der Waals surface area contributed by atoms with Crippen LogP contribution in [0.25, 0.3) is 0 Å². The smallest absolute Gasteiger partial charge is 0.107 e. The summed E-state index contributed by atoms with van der Waals surface area (Å²) < 4.78 is 5.66. The predicted molar refractivity (Wildman–Crippen MR) is 52.9 cm³/mol. The average molecular weight is 200 g/mol. The zero-order valence-corrected chi connectivity index (χ0v) is 8.56. The Kier molecular flexibility index (Phi) is 3.42. The van der Waals surface area contributed by atoms with Crippen molar-refractivity contribution in [2.24, 2.45) is 5.92 Å². The molecule has 1 heterocycles. The van der Waals surface area contributed by atoms with Crippen molar-refractivity contribution >= 4 is 0 Å². The molecule has 14 heavy (non-hydrogen) atoms. The van der Waals surface area contributed by atoms with Gasteiger partial charge in [0, 0.05) is 6.42 Å². The van der Waals surface area contributed by atoms with E-state index in [-0.39, 0.29) is 18.8 Å². The second kappa shape index (κ2) is 4.60. The molecule has 2 aliphatic rings. The monoisotopic (exact) mass is 200 g/mol. The topological polar surface area (TPSA) is 49.7 Å². The highest BCUT2D eigenvalue weighted by Gasteiger charge is 2.37. The summed E-state index contributed by atoms with van der Waals surface area (Å²) in [6.45, 7) is -0.0512. The Balaban J connectivity index is 1.86. The van der Waals surface area contributed by atoms with Gasteiger partial charge in [-0.1, -0.05) is 19.3 Å². The van der Waals surface area contributed by atoms with Gasteiger partial charge in [0.2, 0.25) is 0 Å². The minimum Gasteiger partial charge on any atom is -0.394 e. The molecule has 82 valence electrons. The van der Waals surface area contributed by atoms with Crippen LogP contribution in [0, 0.1) is 5.92 Å². The Hall–Kier alpha value is -0.120. The fourth-order valence-electron chi connectivity index (χ4n) is 2.73. The molecular weight excluding hydrogens is 180 g/mol. The van der Waals surface area contributed by atoms with E-state index in [1.54, 1.807) is 0 Å². The van der Waals surface area contributed by atoms with Crippen LogP contribution in [0.2, 0.25) is 0 Å². The minimum absolute atomic E-state index is 0.0512. The molecular formula is C11H20O3. The first-order valence-corrected chi connectivity index (χ1v) is 5.75. The lowest BCUT2D eigenvalue weighted by Gasteiger charge is -2.26. The van der Waals surface area contributed by atoms with Crippen LogP contribution in [-0.2, 0) is 4.74 Å². The van der Waals surface area contributed by atoms with Crippen molar-refractivity contribution in [2.75, 3.05) is 6.61 Å². The third kappa shape index (κ3) is 2.10. The van der Waals surface area contributed by atoms with Crippen LogP contribution < -0.4 is 0 Å². The molecule has 1 aliphatic carbocycles. The van der Waals surface area contributed by atoms with Gasteiger partial charge in [0.25, 0.3) is 0 Å². The summed E-state index contributed by atoms with van der Waals surface area (Å²) in [6.07, 6.45) is 6.53. The molecule has 2 unspecified atom stereocenters. The zero-order valence-electron chi connectivity index (χ0n) is 8.56. The summed E-state index contributed by atoms with van der Waals surface area (Å²) in [5.41, 5.74) is 0. The van der Waals surface area contributed by atoms with E-state index in [4.69, 9.17) is 9.84 Å². The minimum atomic E-state index is -0.452. The van der Waals surface area contributed by atoms with Gasteiger partial charge in [-0.15, -0.1) is 0 Å². The van der Waals surface area contributed by atoms with E-state index in [9.17, 15) is 5.11 Å². The molecule has 1 saturated heterocycles. The average Bonchev–Trinajstić information content (AvgIpc) is 2.61. The molecule has 3 nitrogen and oxygen atoms in total. The highest BCUT2D eigenvalue weighted by Crippen LogP contribution is 2.34. The molecule has 2 fully saturated rings. The van der Waals surface area contributed by atoms with Gasteiger partial charge in [0.05, 0.1) is 18.8 Å². The predicted octanol–water partition coefficient (Wildman–Crippen LogP) is 1.08. The van der Waals surface area contributed by atoms with Crippen LogP contribution >= 0.6 is 0 Å². The van der Waals surface area contributed by atoms with Crippen molar-refractivity contribution < 1.29 is 14.9 Å². The van der Waals surface area contributed by atoms with Crippen molar-refractivity contribution in [1.29, 1.82) is 0 Å². The molecule has 2 N–H and O–H groups in total. The molecule has 0 radical (unpaired) electrons. The van der Waals surface area contributed by atoms with E-state index in [0.29, 0.717) is 5.92 Å². The molecule has 0 aromatic heterocycles. The molecule has 0 bridgehead atoms. The van der Waals surface area contributed by atoms with Crippen LogP contribution in [-0.4, -0.2) is 35.1 Å². The molecule has 0 spiro atoms. The largest absolute Gasteiger partial charge is 0.394 e. The number of aliphatic hydroxyl groups excluding tert-OH is 2. The van der Waals surface area contributed by atoms with Crippen LogP contribution in [0.5, 0.6) is 0 Å². The molecule has 0 aromatic carbocycles. The molecule has 3 heteroatoms. The van der Waals surface area contributed by atoms with Gasteiger partial charge in [0.15, 0.2) is 0 Å². The number of hydrogen-bond acceptors (Lipinski definition) is 3. The number of ether oxygens (including phenoxy) is 1. The standard InChI is InChI=1S/C11H20O3/c12-7-11-9(13)6-10(14-11)8-4-2-1-3-5-8/h8-13H,1-7H2/t9-,10?,11?/m1/s1. The van der Waals surface area contributed by atoms with E-state index < -0.39 is 6.10 Å².